The van der Waals surface area contributed by atoms with E-state index < -0.39 is 19.4 Å². The first kappa shape index (κ1) is 32.6. The highest BCUT2D eigenvalue weighted by Gasteiger charge is 2.33. The Bertz CT molecular complexity index is 821. The molecule has 2 heterocycles. The second-order valence-electron chi connectivity index (χ2n) is 9.55. The number of nitrogen functional groups attached to an aromatic ring is 1. The molecule has 37 heavy (non-hydrogen) atoms. The van der Waals surface area contributed by atoms with E-state index in [9.17, 15) is 9.36 Å². The minimum absolute atomic E-state index is 0.0735. The number of nitrogens with two attached hydrogens (primary N) is 1. The summed E-state index contributed by atoms with van der Waals surface area (Å²) in [5, 5.41) is 0. The zero-order valence-corrected chi connectivity index (χ0v) is 25.0. The average Bonchev–Trinajstić information content (AvgIpc) is 2.88. The fraction of sp³-hybridized carbons (Fsp3) is 0.880. The minimum atomic E-state index is -3.25. The molecule has 2 N–H and O–H groups in total. The molecule has 9 nitrogen and oxygen atoms in total. The van der Waals surface area contributed by atoms with Gasteiger partial charge in [-0.05, 0) is 6.42 Å². The van der Waals surface area contributed by atoms with Crippen LogP contribution < -0.4 is 11.4 Å². The first-order valence-electron chi connectivity index (χ1n) is 14.0. The van der Waals surface area contributed by atoms with Gasteiger partial charge in [0.1, 0.15) is 18.8 Å². The summed E-state index contributed by atoms with van der Waals surface area (Å²) >= 11 is 0. The maximum atomic E-state index is 12.6. The Hall–Kier alpha value is -0.580. The van der Waals surface area contributed by atoms with Crippen LogP contribution in [0.5, 0.6) is 0 Å². The summed E-state index contributed by atoms with van der Waals surface area (Å²) in [5.41, 5.74) is 4.88. The van der Waals surface area contributed by atoms with Gasteiger partial charge in [-0.15, -0.1) is 0 Å². The monoisotopic (exact) mass is 578 g/mol. The van der Waals surface area contributed by atoms with E-state index in [1.165, 1.54) is 101 Å². The second-order valence-corrected chi connectivity index (χ2v) is 14.2. The molecule has 0 radical (unpaired) electrons. The SMILES string of the molecule is CCCCCCCCCCCCCCCCSSCCOP1(=O)COC(Cn2cnc(N)nc2=O)CO1. The predicted molar refractivity (Wildman–Crippen MR) is 155 cm³/mol. The van der Waals surface area contributed by atoms with Crippen LogP contribution in [0.2, 0.25) is 0 Å². The van der Waals surface area contributed by atoms with Gasteiger partial charge in [0.15, 0.2) is 0 Å². The smallest absolute Gasteiger partial charge is 0.356 e. The summed E-state index contributed by atoms with van der Waals surface area (Å²) in [4.78, 5) is 19.2. The molecule has 1 aliphatic rings. The summed E-state index contributed by atoms with van der Waals surface area (Å²) in [5.74, 6) is 1.81. The first-order valence-corrected chi connectivity index (χ1v) is 18.2. The number of hydrogen-bond donors (Lipinski definition) is 1. The maximum absolute atomic E-state index is 12.6. The van der Waals surface area contributed by atoms with E-state index in [1.807, 2.05) is 10.8 Å². The Morgan fingerprint density at radius 1 is 1.00 bits per heavy atom. The van der Waals surface area contributed by atoms with Crippen molar-refractivity contribution in [3.05, 3.63) is 16.8 Å². The van der Waals surface area contributed by atoms with Crippen molar-refractivity contribution in [2.75, 3.05) is 36.8 Å². The van der Waals surface area contributed by atoms with Crippen LogP contribution >= 0.6 is 29.2 Å². The molecular weight excluding hydrogens is 531 g/mol. The number of unbranched alkanes of at least 4 members (excludes halogenated alkanes) is 13. The van der Waals surface area contributed by atoms with E-state index in [-0.39, 0.29) is 25.4 Å². The van der Waals surface area contributed by atoms with Crippen molar-refractivity contribution >= 4 is 35.1 Å². The number of hydrogen-bond acceptors (Lipinski definition) is 10. The molecule has 0 aromatic carbocycles. The predicted octanol–water partition coefficient (Wildman–Crippen LogP) is 6.67. The number of rotatable bonds is 22. The van der Waals surface area contributed by atoms with Crippen molar-refractivity contribution in [3.63, 3.8) is 0 Å². The molecule has 0 aliphatic carbocycles. The van der Waals surface area contributed by atoms with Crippen LogP contribution in [0.15, 0.2) is 11.1 Å². The lowest BCUT2D eigenvalue weighted by Crippen LogP contribution is -2.35. The van der Waals surface area contributed by atoms with Crippen molar-refractivity contribution in [3.8, 4) is 0 Å². The lowest BCUT2D eigenvalue weighted by Gasteiger charge is -2.29. The molecule has 0 saturated carbocycles. The van der Waals surface area contributed by atoms with E-state index in [0.29, 0.717) is 6.61 Å². The van der Waals surface area contributed by atoms with E-state index in [0.717, 1.165) is 11.5 Å². The molecule has 0 bridgehead atoms. The van der Waals surface area contributed by atoms with Crippen molar-refractivity contribution in [1.29, 1.82) is 0 Å². The van der Waals surface area contributed by atoms with Gasteiger partial charge in [0.05, 0.1) is 19.8 Å². The van der Waals surface area contributed by atoms with Gasteiger partial charge in [-0.1, -0.05) is 112 Å². The number of nitrogens with zero attached hydrogens (tertiary/aromatic N) is 3. The van der Waals surface area contributed by atoms with Crippen LogP contribution in [-0.2, 0) is 24.9 Å². The second kappa shape index (κ2) is 20.3. The van der Waals surface area contributed by atoms with Crippen molar-refractivity contribution in [2.24, 2.45) is 0 Å². The molecule has 12 heteroatoms. The molecule has 0 amide bonds. The maximum Gasteiger partial charge on any atom is 0.356 e. The number of aromatic nitrogens is 3. The van der Waals surface area contributed by atoms with E-state index in [4.69, 9.17) is 19.5 Å². The van der Waals surface area contributed by atoms with E-state index in [2.05, 4.69) is 16.9 Å². The van der Waals surface area contributed by atoms with Crippen LogP contribution in [0.3, 0.4) is 0 Å². The average molecular weight is 579 g/mol. The Balaban J connectivity index is 1.35. The molecule has 1 fully saturated rings. The summed E-state index contributed by atoms with van der Waals surface area (Å²) < 4.78 is 30.5. The van der Waals surface area contributed by atoms with Gasteiger partial charge in [0, 0.05) is 11.5 Å². The highest BCUT2D eigenvalue weighted by molar-refractivity contribution is 8.76. The molecule has 1 aliphatic heterocycles. The zero-order chi connectivity index (χ0) is 26.6. The Kier molecular flexibility index (Phi) is 17.9. The lowest BCUT2D eigenvalue weighted by atomic mass is 10.0. The lowest BCUT2D eigenvalue weighted by molar-refractivity contribution is -0.0138. The van der Waals surface area contributed by atoms with Crippen LogP contribution in [0, 0.1) is 0 Å². The quantitative estimate of drug-likeness (QED) is 0.0908. The highest BCUT2D eigenvalue weighted by Crippen LogP contribution is 2.51. The fourth-order valence-corrected chi connectivity index (χ4v) is 7.53. The van der Waals surface area contributed by atoms with Crippen molar-refractivity contribution in [1.82, 2.24) is 14.5 Å². The topological polar surface area (TPSA) is 119 Å². The van der Waals surface area contributed by atoms with Crippen LogP contribution in [0.25, 0.3) is 0 Å². The summed E-state index contributed by atoms with van der Waals surface area (Å²) in [7, 11) is 0.341. The third kappa shape index (κ3) is 15.6. The van der Waals surface area contributed by atoms with Gasteiger partial charge in [-0.3, -0.25) is 9.13 Å². The van der Waals surface area contributed by atoms with Crippen LogP contribution in [-0.4, -0.2) is 51.7 Å². The first-order chi connectivity index (χ1) is 18.0. The van der Waals surface area contributed by atoms with Gasteiger partial charge in [-0.2, -0.15) is 4.98 Å². The molecule has 0 spiro atoms. The van der Waals surface area contributed by atoms with Gasteiger partial charge in [0.25, 0.3) is 0 Å². The third-order valence-corrected chi connectivity index (χ3v) is 10.3. The molecule has 1 aromatic heterocycles. The third-order valence-electron chi connectivity index (χ3n) is 6.23. The van der Waals surface area contributed by atoms with E-state index >= 15 is 0 Å². The van der Waals surface area contributed by atoms with Gasteiger partial charge in [0.2, 0.25) is 5.95 Å². The summed E-state index contributed by atoms with van der Waals surface area (Å²) in [6.07, 6.45) is 20.1. The molecule has 2 unspecified atom stereocenters. The molecule has 2 rings (SSSR count). The fourth-order valence-electron chi connectivity index (χ4n) is 4.06. The van der Waals surface area contributed by atoms with Crippen molar-refractivity contribution in [2.45, 2.75) is 109 Å². The molecule has 214 valence electrons. The number of anilines is 1. The van der Waals surface area contributed by atoms with Gasteiger partial charge >= 0.3 is 13.3 Å². The zero-order valence-electron chi connectivity index (χ0n) is 22.5. The van der Waals surface area contributed by atoms with Crippen molar-refractivity contribution < 1.29 is 18.3 Å². The molecule has 1 aromatic rings. The summed E-state index contributed by atoms with van der Waals surface area (Å²) in [6.45, 7) is 2.91. The Morgan fingerprint density at radius 3 is 2.16 bits per heavy atom. The molecule has 2 atom stereocenters. The molecular formula is C25H47N4O5PS2. The van der Waals surface area contributed by atoms with Crippen LogP contribution in [0.4, 0.5) is 5.95 Å². The standard InChI is InChI=1S/C25H47N4O5PS2/c1-2-3-4-5-6-7-8-9-10-11-12-13-14-15-17-36-37-18-16-33-35(31)22-32-23(20-34-35)19-29-21-27-24(26)28-25(29)30/h21,23H,2-20,22H2,1H3,(H2,26,28,30). The Labute approximate surface area is 230 Å². The molecule has 1 saturated heterocycles. The largest absolute Gasteiger partial charge is 0.368 e. The van der Waals surface area contributed by atoms with Crippen LogP contribution in [0.1, 0.15) is 96.8 Å². The normalized spacial score (nSPS) is 19.9. The Morgan fingerprint density at radius 2 is 1.59 bits per heavy atom. The van der Waals surface area contributed by atoms with Gasteiger partial charge < -0.3 is 19.5 Å². The summed E-state index contributed by atoms with van der Waals surface area (Å²) in [6, 6.07) is 0. The number of ether oxygens (including phenoxy) is 1. The van der Waals surface area contributed by atoms with E-state index in [1.54, 1.807) is 10.8 Å². The minimum Gasteiger partial charge on any atom is -0.368 e. The van der Waals surface area contributed by atoms with Gasteiger partial charge in [-0.25, -0.2) is 9.78 Å². The highest BCUT2D eigenvalue weighted by atomic mass is 33.1.